The maximum absolute atomic E-state index is 11.1. The summed E-state index contributed by atoms with van der Waals surface area (Å²) in [5.41, 5.74) is 0.537. The lowest BCUT2D eigenvalue weighted by Crippen LogP contribution is -2.25. The third-order valence-electron chi connectivity index (χ3n) is 1.55. The minimum absolute atomic E-state index is 0.433. The zero-order chi connectivity index (χ0) is 10.6. The van der Waals surface area contributed by atoms with Crippen molar-refractivity contribution in [3.63, 3.8) is 0 Å². The molecule has 0 radical (unpaired) electrons. The van der Waals surface area contributed by atoms with Gasteiger partial charge in [0.1, 0.15) is 5.75 Å². The molecule has 0 bridgehead atoms. The minimum Gasteiger partial charge on any atom is -0.410 e. The van der Waals surface area contributed by atoms with E-state index in [0.717, 1.165) is 0 Å². The molecule has 0 unspecified atom stereocenters. The van der Waals surface area contributed by atoms with Crippen LogP contribution < -0.4 is 4.74 Å². The van der Waals surface area contributed by atoms with Gasteiger partial charge in [-0.25, -0.2) is 4.79 Å². The molecule has 72 valence electrons. The van der Waals surface area contributed by atoms with E-state index in [9.17, 15) is 4.79 Å². The van der Waals surface area contributed by atoms with Crippen LogP contribution in [0.25, 0.3) is 0 Å². The zero-order valence-corrected chi connectivity index (χ0v) is 8.02. The van der Waals surface area contributed by atoms with Crippen LogP contribution in [-0.2, 0) is 0 Å². The molecule has 0 saturated heterocycles. The standard InChI is InChI=1S/C10H10N2O2/c1-12(2)10(13)14-9-5-3-8(7-11)4-6-9/h3-6H,1-2H3. The molecule has 4 nitrogen and oxygen atoms in total. The van der Waals surface area contributed by atoms with Crippen molar-refractivity contribution in [1.82, 2.24) is 4.90 Å². The Hall–Kier alpha value is -2.02. The van der Waals surface area contributed by atoms with Crippen LogP contribution in [0.5, 0.6) is 5.75 Å². The molecule has 0 fully saturated rings. The van der Waals surface area contributed by atoms with Crippen LogP contribution in [0.3, 0.4) is 0 Å². The summed E-state index contributed by atoms with van der Waals surface area (Å²) in [6.07, 6.45) is -0.435. The van der Waals surface area contributed by atoms with Crippen molar-refractivity contribution in [3.05, 3.63) is 29.8 Å². The van der Waals surface area contributed by atoms with Crippen LogP contribution >= 0.6 is 0 Å². The SMILES string of the molecule is CN(C)C(=O)Oc1ccc(C#N)cc1. The number of ether oxygens (including phenoxy) is 1. The van der Waals surface area contributed by atoms with Gasteiger partial charge in [-0.1, -0.05) is 0 Å². The van der Waals surface area contributed by atoms with E-state index in [4.69, 9.17) is 10.00 Å². The van der Waals surface area contributed by atoms with Crippen molar-refractivity contribution in [2.45, 2.75) is 0 Å². The number of benzene rings is 1. The van der Waals surface area contributed by atoms with E-state index in [2.05, 4.69) is 0 Å². The number of nitrogens with zero attached hydrogens (tertiary/aromatic N) is 2. The fourth-order valence-electron chi connectivity index (χ4n) is 0.790. The molecule has 1 rings (SSSR count). The van der Waals surface area contributed by atoms with Crippen molar-refractivity contribution < 1.29 is 9.53 Å². The van der Waals surface area contributed by atoms with Crippen molar-refractivity contribution in [2.75, 3.05) is 14.1 Å². The van der Waals surface area contributed by atoms with Crippen molar-refractivity contribution in [3.8, 4) is 11.8 Å². The highest BCUT2D eigenvalue weighted by atomic mass is 16.6. The highest BCUT2D eigenvalue weighted by Crippen LogP contribution is 2.12. The molecular weight excluding hydrogens is 180 g/mol. The summed E-state index contributed by atoms with van der Waals surface area (Å²) in [4.78, 5) is 12.4. The normalized spacial score (nSPS) is 8.93. The first kappa shape index (κ1) is 10.1. The van der Waals surface area contributed by atoms with Gasteiger partial charge < -0.3 is 9.64 Å². The lowest BCUT2D eigenvalue weighted by atomic mass is 10.2. The Bertz CT molecular complexity index is 363. The van der Waals surface area contributed by atoms with Gasteiger partial charge in [-0.3, -0.25) is 0 Å². The van der Waals surface area contributed by atoms with Crippen LogP contribution in [0.15, 0.2) is 24.3 Å². The fourth-order valence-corrected chi connectivity index (χ4v) is 0.790. The molecule has 0 atom stereocenters. The monoisotopic (exact) mass is 190 g/mol. The number of carbonyl (C=O) groups is 1. The number of hydrogen-bond acceptors (Lipinski definition) is 3. The van der Waals surface area contributed by atoms with E-state index in [1.165, 1.54) is 4.90 Å². The molecular formula is C10H10N2O2. The van der Waals surface area contributed by atoms with Crippen LogP contribution in [0.2, 0.25) is 0 Å². The third-order valence-corrected chi connectivity index (χ3v) is 1.55. The second-order valence-electron chi connectivity index (χ2n) is 2.90. The molecule has 4 heteroatoms. The summed E-state index contributed by atoms with van der Waals surface area (Å²) in [6, 6.07) is 8.34. The van der Waals surface area contributed by atoms with Gasteiger partial charge in [-0.05, 0) is 24.3 Å². The predicted molar refractivity (Wildman–Crippen MR) is 50.9 cm³/mol. The second kappa shape index (κ2) is 4.28. The van der Waals surface area contributed by atoms with E-state index in [1.54, 1.807) is 38.4 Å². The lowest BCUT2D eigenvalue weighted by Gasteiger charge is -2.10. The molecule has 0 aliphatic carbocycles. The maximum atomic E-state index is 11.1. The Morgan fingerprint density at radius 3 is 2.36 bits per heavy atom. The van der Waals surface area contributed by atoms with Gasteiger partial charge in [-0.15, -0.1) is 0 Å². The first-order chi connectivity index (χ1) is 6.63. The van der Waals surface area contributed by atoms with Crippen LogP contribution in [-0.4, -0.2) is 25.1 Å². The smallest absolute Gasteiger partial charge is 0.410 e. The Labute approximate surface area is 82.3 Å². The summed E-state index contributed by atoms with van der Waals surface area (Å²) in [7, 11) is 3.21. The average Bonchev–Trinajstić information content (AvgIpc) is 2.19. The number of amides is 1. The topological polar surface area (TPSA) is 53.3 Å². The quantitative estimate of drug-likeness (QED) is 0.676. The van der Waals surface area contributed by atoms with E-state index in [1.807, 2.05) is 6.07 Å². The van der Waals surface area contributed by atoms with E-state index in [-0.39, 0.29) is 0 Å². The minimum atomic E-state index is -0.435. The number of rotatable bonds is 1. The van der Waals surface area contributed by atoms with E-state index in [0.29, 0.717) is 11.3 Å². The van der Waals surface area contributed by atoms with Crippen LogP contribution in [0.4, 0.5) is 4.79 Å². The highest BCUT2D eigenvalue weighted by molar-refractivity contribution is 5.69. The first-order valence-electron chi connectivity index (χ1n) is 4.03. The Morgan fingerprint density at radius 2 is 1.93 bits per heavy atom. The number of carbonyl (C=O) groups excluding carboxylic acids is 1. The van der Waals surface area contributed by atoms with Crippen molar-refractivity contribution >= 4 is 6.09 Å². The molecule has 0 saturated carbocycles. The molecule has 14 heavy (non-hydrogen) atoms. The molecule has 1 aromatic carbocycles. The zero-order valence-electron chi connectivity index (χ0n) is 8.02. The van der Waals surface area contributed by atoms with Gasteiger partial charge in [0.25, 0.3) is 0 Å². The van der Waals surface area contributed by atoms with Gasteiger partial charge in [0.15, 0.2) is 0 Å². The second-order valence-corrected chi connectivity index (χ2v) is 2.90. The van der Waals surface area contributed by atoms with Gasteiger partial charge in [0.05, 0.1) is 11.6 Å². The fraction of sp³-hybridized carbons (Fsp3) is 0.200. The van der Waals surface area contributed by atoms with Gasteiger partial charge in [-0.2, -0.15) is 5.26 Å². The molecule has 0 aromatic heterocycles. The van der Waals surface area contributed by atoms with Crippen LogP contribution in [0, 0.1) is 11.3 Å². The Kier molecular flexibility index (Phi) is 3.08. The summed E-state index contributed by atoms with van der Waals surface area (Å²) in [5, 5.41) is 8.53. The first-order valence-corrected chi connectivity index (χ1v) is 4.03. The summed E-state index contributed by atoms with van der Waals surface area (Å²) in [6.45, 7) is 0. The van der Waals surface area contributed by atoms with Crippen molar-refractivity contribution in [2.24, 2.45) is 0 Å². The molecule has 0 spiro atoms. The van der Waals surface area contributed by atoms with Gasteiger partial charge >= 0.3 is 6.09 Å². The molecule has 0 heterocycles. The van der Waals surface area contributed by atoms with Gasteiger partial charge in [0, 0.05) is 14.1 Å². The Balaban J connectivity index is 2.70. The van der Waals surface area contributed by atoms with Crippen LogP contribution in [0.1, 0.15) is 5.56 Å². The lowest BCUT2D eigenvalue weighted by molar-refractivity contribution is 0.172. The number of nitriles is 1. The molecule has 1 amide bonds. The summed E-state index contributed by atoms with van der Waals surface area (Å²) in [5.74, 6) is 0.433. The van der Waals surface area contributed by atoms with E-state index >= 15 is 0 Å². The summed E-state index contributed by atoms with van der Waals surface area (Å²) < 4.78 is 4.95. The molecule has 0 aliphatic rings. The maximum Gasteiger partial charge on any atom is 0.414 e. The largest absolute Gasteiger partial charge is 0.414 e. The molecule has 1 aromatic rings. The summed E-state index contributed by atoms with van der Waals surface area (Å²) >= 11 is 0. The molecule has 0 aliphatic heterocycles. The van der Waals surface area contributed by atoms with Gasteiger partial charge in [0.2, 0.25) is 0 Å². The van der Waals surface area contributed by atoms with Crippen molar-refractivity contribution in [1.29, 1.82) is 5.26 Å². The predicted octanol–water partition coefficient (Wildman–Crippen LogP) is 1.62. The third kappa shape index (κ3) is 2.49. The highest BCUT2D eigenvalue weighted by Gasteiger charge is 2.05. The van der Waals surface area contributed by atoms with E-state index < -0.39 is 6.09 Å². The molecule has 0 N–H and O–H groups in total. The average molecular weight is 190 g/mol. The number of hydrogen-bond donors (Lipinski definition) is 0. The Morgan fingerprint density at radius 1 is 1.36 bits per heavy atom.